The number of benzene rings is 2. The first-order valence-electron chi connectivity index (χ1n) is 7.81. The number of hydrogen-bond donors (Lipinski definition) is 1. The van der Waals surface area contributed by atoms with Crippen LogP contribution in [0, 0.1) is 0 Å². The molecular formula is C19H16ClNO5. The van der Waals surface area contributed by atoms with Crippen LogP contribution in [0.1, 0.15) is 16.1 Å². The first-order chi connectivity index (χ1) is 12.6. The Morgan fingerprint density at radius 3 is 2.77 bits per heavy atom. The summed E-state index contributed by atoms with van der Waals surface area (Å²) in [6.07, 6.45) is 0. The zero-order valence-electron chi connectivity index (χ0n) is 14.0. The summed E-state index contributed by atoms with van der Waals surface area (Å²) < 4.78 is 15.6. The van der Waals surface area contributed by atoms with Gasteiger partial charge in [-0.3, -0.25) is 4.79 Å². The summed E-state index contributed by atoms with van der Waals surface area (Å²) in [5.74, 6) is -0.460. The van der Waals surface area contributed by atoms with Gasteiger partial charge in [0.15, 0.2) is 6.61 Å². The summed E-state index contributed by atoms with van der Waals surface area (Å²) in [4.78, 5) is 23.9. The van der Waals surface area contributed by atoms with Crippen LogP contribution in [-0.4, -0.2) is 25.6 Å². The molecule has 0 atom stereocenters. The predicted molar refractivity (Wildman–Crippen MR) is 96.3 cm³/mol. The van der Waals surface area contributed by atoms with Gasteiger partial charge in [-0.15, -0.1) is 0 Å². The van der Waals surface area contributed by atoms with E-state index < -0.39 is 18.5 Å². The lowest BCUT2D eigenvalue weighted by Gasteiger charge is -2.09. The van der Waals surface area contributed by atoms with Crippen molar-refractivity contribution in [3.05, 3.63) is 64.9 Å². The summed E-state index contributed by atoms with van der Waals surface area (Å²) >= 11 is 5.90. The Bertz CT molecular complexity index is 950. The molecule has 6 nitrogen and oxygen atoms in total. The highest BCUT2D eigenvalue weighted by Gasteiger charge is 2.16. The van der Waals surface area contributed by atoms with Crippen molar-refractivity contribution in [3.8, 4) is 5.75 Å². The number of nitrogens with one attached hydrogen (secondary N) is 1. The molecule has 1 aromatic heterocycles. The molecule has 0 saturated carbocycles. The average Bonchev–Trinajstić information content (AvgIpc) is 3.07. The van der Waals surface area contributed by atoms with Gasteiger partial charge in [0.1, 0.15) is 11.3 Å². The molecule has 0 radical (unpaired) electrons. The molecule has 1 amide bonds. The molecule has 0 saturated heterocycles. The standard InChI is InChI=1S/C19H16ClNO5/c1-24-15-5-3-2-4-12(15)10-21-18(22)11-25-19(23)17-9-13-8-14(20)6-7-16(13)26-17/h2-9H,10-11H2,1H3,(H,21,22). The van der Waals surface area contributed by atoms with Crippen LogP contribution in [0.15, 0.2) is 52.9 Å². The molecule has 0 bridgehead atoms. The minimum absolute atomic E-state index is 0.0137. The maximum absolute atomic E-state index is 12.0. The van der Waals surface area contributed by atoms with Crippen molar-refractivity contribution in [3.63, 3.8) is 0 Å². The lowest BCUT2D eigenvalue weighted by Crippen LogP contribution is -2.28. The van der Waals surface area contributed by atoms with Crippen LogP contribution < -0.4 is 10.1 Å². The second-order valence-electron chi connectivity index (χ2n) is 5.46. The van der Waals surface area contributed by atoms with Crippen LogP contribution in [-0.2, 0) is 16.1 Å². The fraction of sp³-hybridized carbons (Fsp3) is 0.158. The number of furan rings is 1. The monoisotopic (exact) mass is 373 g/mol. The number of rotatable bonds is 6. The van der Waals surface area contributed by atoms with Crippen molar-refractivity contribution in [2.45, 2.75) is 6.54 Å². The van der Waals surface area contributed by atoms with E-state index in [4.69, 9.17) is 25.5 Å². The Morgan fingerprint density at radius 2 is 1.96 bits per heavy atom. The fourth-order valence-corrected chi connectivity index (χ4v) is 2.59. The Morgan fingerprint density at radius 1 is 1.15 bits per heavy atom. The van der Waals surface area contributed by atoms with E-state index in [9.17, 15) is 9.59 Å². The number of methoxy groups -OCH3 is 1. The van der Waals surface area contributed by atoms with Crippen LogP contribution in [0.25, 0.3) is 11.0 Å². The van der Waals surface area contributed by atoms with E-state index in [1.165, 1.54) is 6.07 Å². The smallest absolute Gasteiger partial charge is 0.374 e. The highest BCUT2D eigenvalue weighted by Crippen LogP contribution is 2.23. The van der Waals surface area contributed by atoms with Crippen LogP contribution in [0.3, 0.4) is 0 Å². The molecule has 1 heterocycles. The zero-order chi connectivity index (χ0) is 18.5. The summed E-state index contributed by atoms with van der Waals surface area (Å²) in [7, 11) is 1.56. The first-order valence-corrected chi connectivity index (χ1v) is 8.19. The van der Waals surface area contributed by atoms with Gasteiger partial charge in [0, 0.05) is 22.5 Å². The normalized spacial score (nSPS) is 10.5. The highest BCUT2D eigenvalue weighted by atomic mass is 35.5. The summed E-state index contributed by atoms with van der Waals surface area (Å²) in [5, 5.41) is 3.89. The average molecular weight is 374 g/mol. The molecule has 3 aromatic rings. The number of halogens is 1. The quantitative estimate of drug-likeness (QED) is 0.668. The lowest BCUT2D eigenvalue weighted by atomic mass is 10.2. The molecular weight excluding hydrogens is 358 g/mol. The molecule has 3 rings (SSSR count). The molecule has 2 aromatic carbocycles. The van der Waals surface area contributed by atoms with Crippen LogP contribution in [0.4, 0.5) is 0 Å². The number of para-hydroxylation sites is 1. The van der Waals surface area contributed by atoms with Crippen molar-refractivity contribution in [1.29, 1.82) is 0 Å². The second-order valence-corrected chi connectivity index (χ2v) is 5.89. The molecule has 0 aliphatic rings. The zero-order valence-corrected chi connectivity index (χ0v) is 14.7. The Balaban J connectivity index is 1.54. The Hall–Kier alpha value is -2.99. The van der Waals surface area contributed by atoms with Crippen molar-refractivity contribution >= 4 is 34.4 Å². The summed E-state index contributed by atoms with van der Waals surface area (Å²) in [5.41, 5.74) is 1.34. The molecule has 0 fully saturated rings. The third kappa shape index (κ3) is 4.15. The van der Waals surface area contributed by atoms with E-state index in [2.05, 4.69) is 5.32 Å². The molecule has 0 spiro atoms. The number of hydrogen-bond acceptors (Lipinski definition) is 5. The molecule has 7 heteroatoms. The number of carbonyl (C=O) groups excluding carboxylic acids is 2. The van der Waals surface area contributed by atoms with E-state index in [1.54, 1.807) is 31.4 Å². The van der Waals surface area contributed by atoms with E-state index in [-0.39, 0.29) is 12.3 Å². The van der Waals surface area contributed by atoms with E-state index in [0.717, 1.165) is 5.56 Å². The van der Waals surface area contributed by atoms with Gasteiger partial charge in [-0.2, -0.15) is 0 Å². The molecule has 1 N–H and O–H groups in total. The van der Waals surface area contributed by atoms with Gasteiger partial charge in [0.25, 0.3) is 5.91 Å². The molecule has 0 unspecified atom stereocenters. The van der Waals surface area contributed by atoms with Gasteiger partial charge in [-0.25, -0.2) is 4.79 Å². The van der Waals surface area contributed by atoms with Crippen molar-refractivity contribution in [2.24, 2.45) is 0 Å². The third-order valence-corrected chi connectivity index (χ3v) is 3.92. The molecule has 0 aliphatic heterocycles. The maximum atomic E-state index is 12.0. The largest absolute Gasteiger partial charge is 0.496 e. The number of carbonyl (C=O) groups is 2. The minimum Gasteiger partial charge on any atom is -0.496 e. The van der Waals surface area contributed by atoms with Gasteiger partial charge in [-0.1, -0.05) is 29.8 Å². The van der Waals surface area contributed by atoms with Gasteiger partial charge < -0.3 is 19.2 Å². The molecule has 134 valence electrons. The highest BCUT2D eigenvalue weighted by molar-refractivity contribution is 6.31. The molecule has 26 heavy (non-hydrogen) atoms. The van der Waals surface area contributed by atoms with E-state index >= 15 is 0 Å². The van der Waals surface area contributed by atoms with Crippen molar-refractivity contribution in [1.82, 2.24) is 5.32 Å². The maximum Gasteiger partial charge on any atom is 0.374 e. The van der Waals surface area contributed by atoms with Crippen LogP contribution >= 0.6 is 11.6 Å². The third-order valence-electron chi connectivity index (χ3n) is 3.68. The van der Waals surface area contributed by atoms with E-state index in [1.807, 2.05) is 18.2 Å². The van der Waals surface area contributed by atoms with Gasteiger partial charge >= 0.3 is 5.97 Å². The minimum atomic E-state index is -0.718. The Labute approximate surface area is 154 Å². The van der Waals surface area contributed by atoms with Crippen LogP contribution in [0.5, 0.6) is 5.75 Å². The lowest BCUT2D eigenvalue weighted by molar-refractivity contribution is -0.124. The number of fused-ring (bicyclic) bond motifs is 1. The number of ether oxygens (including phenoxy) is 2. The number of esters is 1. The van der Waals surface area contributed by atoms with Gasteiger partial charge in [0.2, 0.25) is 5.76 Å². The van der Waals surface area contributed by atoms with Gasteiger partial charge in [0.05, 0.1) is 7.11 Å². The van der Waals surface area contributed by atoms with E-state index in [0.29, 0.717) is 21.7 Å². The number of amides is 1. The summed E-state index contributed by atoms with van der Waals surface area (Å²) in [6.45, 7) is -0.144. The van der Waals surface area contributed by atoms with Crippen molar-refractivity contribution < 1.29 is 23.5 Å². The SMILES string of the molecule is COc1ccccc1CNC(=O)COC(=O)c1cc2cc(Cl)ccc2o1. The topological polar surface area (TPSA) is 77.8 Å². The van der Waals surface area contributed by atoms with Crippen molar-refractivity contribution in [2.75, 3.05) is 13.7 Å². The first kappa shape index (κ1) is 17.8. The fourth-order valence-electron chi connectivity index (χ4n) is 2.41. The molecule has 0 aliphatic carbocycles. The second kappa shape index (κ2) is 7.93. The predicted octanol–water partition coefficient (Wildman–Crippen LogP) is 3.57. The summed E-state index contributed by atoms with van der Waals surface area (Å²) in [6, 6.07) is 13.8. The van der Waals surface area contributed by atoms with Gasteiger partial charge in [-0.05, 0) is 30.3 Å². The Kier molecular flexibility index (Phi) is 5.43. The van der Waals surface area contributed by atoms with Crippen LogP contribution in [0.2, 0.25) is 5.02 Å².